The maximum atomic E-state index is 12.5. The van der Waals surface area contributed by atoms with E-state index in [2.05, 4.69) is 13.8 Å². The van der Waals surface area contributed by atoms with Crippen molar-refractivity contribution >= 4 is 11.9 Å². The van der Waals surface area contributed by atoms with E-state index in [0.717, 1.165) is 6.42 Å². The molecular weight excluding hydrogens is 266 g/mol. The molecule has 0 aliphatic heterocycles. The van der Waals surface area contributed by atoms with Crippen LogP contribution in [0.2, 0.25) is 0 Å². The van der Waals surface area contributed by atoms with Crippen LogP contribution in [0.1, 0.15) is 44.0 Å². The van der Waals surface area contributed by atoms with Gasteiger partial charge in [0.05, 0.1) is 13.0 Å². The smallest absolute Gasteiger partial charge is 0.307 e. The minimum absolute atomic E-state index is 0.0273. The summed E-state index contributed by atoms with van der Waals surface area (Å²) in [5.41, 5.74) is 0.658. The number of ether oxygens (including phenoxy) is 1. The van der Waals surface area contributed by atoms with Crippen LogP contribution in [0.25, 0.3) is 0 Å². The third-order valence-corrected chi connectivity index (χ3v) is 3.18. The van der Waals surface area contributed by atoms with E-state index in [1.807, 2.05) is 18.2 Å². The minimum atomic E-state index is -0.257. The minimum Gasteiger partial charge on any atom is -0.466 e. The van der Waals surface area contributed by atoms with E-state index in [1.54, 1.807) is 24.0 Å². The van der Waals surface area contributed by atoms with E-state index < -0.39 is 0 Å². The van der Waals surface area contributed by atoms with Crippen LogP contribution >= 0.6 is 0 Å². The van der Waals surface area contributed by atoms with Crippen LogP contribution in [-0.2, 0) is 9.53 Å². The molecule has 4 heteroatoms. The zero-order chi connectivity index (χ0) is 15.7. The number of hydrogen-bond acceptors (Lipinski definition) is 3. The average Bonchev–Trinajstić information content (AvgIpc) is 2.47. The van der Waals surface area contributed by atoms with Crippen molar-refractivity contribution in [2.75, 3.05) is 19.7 Å². The lowest BCUT2D eigenvalue weighted by Gasteiger charge is -2.23. The molecule has 0 aromatic heterocycles. The van der Waals surface area contributed by atoms with Crippen LogP contribution in [0, 0.1) is 5.92 Å². The Labute approximate surface area is 127 Å². The van der Waals surface area contributed by atoms with Gasteiger partial charge in [-0.25, -0.2) is 0 Å². The fourth-order valence-electron chi connectivity index (χ4n) is 1.95. The van der Waals surface area contributed by atoms with Crippen LogP contribution in [-0.4, -0.2) is 36.5 Å². The quantitative estimate of drug-likeness (QED) is 0.691. The van der Waals surface area contributed by atoms with Gasteiger partial charge in [0.2, 0.25) is 0 Å². The molecule has 0 radical (unpaired) electrons. The molecule has 116 valence electrons. The number of hydrogen-bond donors (Lipinski definition) is 0. The summed E-state index contributed by atoms with van der Waals surface area (Å²) in [4.78, 5) is 25.7. The Morgan fingerprint density at radius 3 is 2.38 bits per heavy atom. The molecule has 0 aliphatic rings. The maximum absolute atomic E-state index is 12.5. The first kappa shape index (κ1) is 17.2. The Morgan fingerprint density at radius 1 is 1.14 bits per heavy atom. The molecule has 1 amide bonds. The van der Waals surface area contributed by atoms with Crippen LogP contribution in [0.4, 0.5) is 0 Å². The van der Waals surface area contributed by atoms with Crippen molar-refractivity contribution in [2.45, 2.75) is 33.6 Å². The monoisotopic (exact) mass is 291 g/mol. The van der Waals surface area contributed by atoms with Crippen LogP contribution in [0.5, 0.6) is 0 Å². The molecule has 0 aliphatic carbocycles. The van der Waals surface area contributed by atoms with Crippen molar-refractivity contribution in [3.63, 3.8) is 0 Å². The van der Waals surface area contributed by atoms with Crippen molar-refractivity contribution in [3.8, 4) is 0 Å². The highest BCUT2D eigenvalue weighted by Crippen LogP contribution is 2.09. The Bertz CT molecular complexity index is 443. The van der Waals surface area contributed by atoms with Crippen LogP contribution in [0.15, 0.2) is 30.3 Å². The van der Waals surface area contributed by atoms with Crippen LogP contribution in [0.3, 0.4) is 0 Å². The Hall–Kier alpha value is -1.84. The lowest BCUT2D eigenvalue weighted by Crippen LogP contribution is -2.34. The molecule has 21 heavy (non-hydrogen) atoms. The van der Waals surface area contributed by atoms with E-state index in [-0.39, 0.29) is 18.3 Å². The number of amides is 1. The first-order chi connectivity index (χ1) is 10.0. The van der Waals surface area contributed by atoms with Gasteiger partial charge in [-0.05, 0) is 31.4 Å². The van der Waals surface area contributed by atoms with Gasteiger partial charge in [0, 0.05) is 18.7 Å². The largest absolute Gasteiger partial charge is 0.466 e. The first-order valence-corrected chi connectivity index (χ1v) is 7.54. The van der Waals surface area contributed by atoms with E-state index in [4.69, 9.17) is 4.74 Å². The molecule has 0 N–H and O–H groups in total. The van der Waals surface area contributed by atoms with Gasteiger partial charge in [0.15, 0.2) is 0 Å². The van der Waals surface area contributed by atoms with E-state index >= 15 is 0 Å². The summed E-state index contributed by atoms with van der Waals surface area (Å²) in [6.07, 6.45) is 1.16. The van der Waals surface area contributed by atoms with Gasteiger partial charge in [-0.2, -0.15) is 0 Å². The van der Waals surface area contributed by atoms with Gasteiger partial charge in [-0.1, -0.05) is 32.0 Å². The third kappa shape index (κ3) is 6.43. The van der Waals surface area contributed by atoms with Gasteiger partial charge in [0.1, 0.15) is 0 Å². The summed E-state index contributed by atoms with van der Waals surface area (Å²) < 4.78 is 4.93. The number of carbonyl (C=O) groups excluding carboxylic acids is 2. The molecule has 0 bridgehead atoms. The molecule has 0 fully saturated rings. The predicted octanol–water partition coefficient (Wildman–Crippen LogP) is 3.13. The third-order valence-electron chi connectivity index (χ3n) is 3.18. The lowest BCUT2D eigenvalue weighted by molar-refractivity contribution is -0.143. The molecule has 0 saturated carbocycles. The highest BCUT2D eigenvalue weighted by molar-refractivity contribution is 5.94. The van der Waals surface area contributed by atoms with E-state index in [1.165, 1.54) is 0 Å². The summed E-state index contributed by atoms with van der Waals surface area (Å²) in [5.74, 6) is 0.229. The topological polar surface area (TPSA) is 46.6 Å². The summed E-state index contributed by atoms with van der Waals surface area (Å²) in [6, 6.07) is 9.18. The van der Waals surface area contributed by atoms with Gasteiger partial charge in [-0.3, -0.25) is 9.59 Å². The first-order valence-electron chi connectivity index (χ1n) is 7.54. The highest BCUT2D eigenvalue weighted by atomic mass is 16.5. The summed E-state index contributed by atoms with van der Waals surface area (Å²) >= 11 is 0. The lowest BCUT2D eigenvalue weighted by atomic mass is 10.1. The summed E-state index contributed by atoms with van der Waals surface area (Å²) in [7, 11) is 0. The predicted molar refractivity (Wildman–Crippen MR) is 83.1 cm³/mol. The molecule has 1 aromatic carbocycles. The van der Waals surface area contributed by atoms with Gasteiger partial charge in [-0.15, -0.1) is 0 Å². The van der Waals surface area contributed by atoms with E-state index in [9.17, 15) is 9.59 Å². The molecule has 0 heterocycles. The number of nitrogens with zero attached hydrogens (tertiary/aromatic N) is 1. The van der Waals surface area contributed by atoms with Crippen LogP contribution < -0.4 is 0 Å². The molecule has 4 nitrogen and oxygen atoms in total. The Kier molecular flexibility index (Phi) is 7.51. The second-order valence-corrected chi connectivity index (χ2v) is 5.40. The van der Waals surface area contributed by atoms with Gasteiger partial charge in [0.25, 0.3) is 5.91 Å². The fourth-order valence-corrected chi connectivity index (χ4v) is 1.95. The molecule has 0 saturated heterocycles. The molecule has 1 rings (SSSR count). The molecule has 0 atom stereocenters. The zero-order valence-corrected chi connectivity index (χ0v) is 13.2. The maximum Gasteiger partial charge on any atom is 0.307 e. The molecule has 1 aromatic rings. The number of carbonyl (C=O) groups is 2. The Balaban J connectivity index is 2.67. The van der Waals surface area contributed by atoms with Crippen molar-refractivity contribution < 1.29 is 14.3 Å². The van der Waals surface area contributed by atoms with Crippen molar-refractivity contribution in [1.82, 2.24) is 4.90 Å². The van der Waals surface area contributed by atoms with Gasteiger partial charge >= 0.3 is 5.97 Å². The highest BCUT2D eigenvalue weighted by Gasteiger charge is 2.17. The van der Waals surface area contributed by atoms with Crippen molar-refractivity contribution in [2.24, 2.45) is 5.92 Å². The fraction of sp³-hybridized carbons (Fsp3) is 0.529. The normalized spacial score (nSPS) is 10.5. The number of rotatable bonds is 8. The zero-order valence-electron chi connectivity index (χ0n) is 13.2. The van der Waals surface area contributed by atoms with E-state index in [0.29, 0.717) is 31.2 Å². The standard InChI is InChI=1S/C17H25NO3/c1-4-21-16(19)11-13-18(12-10-14(2)3)17(20)15-8-6-5-7-9-15/h5-9,14H,4,10-13H2,1-3H3. The summed E-state index contributed by atoms with van der Waals surface area (Å²) in [6.45, 7) is 7.46. The van der Waals surface area contributed by atoms with Gasteiger partial charge < -0.3 is 9.64 Å². The second kappa shape index (κ2) is 9.16. The molecule has 0 unspecified atom stereocenters. The number of esters is 1. The van der Waals surface area contributed by atoms with Crippen molar-refractivity contribution in [3.05, 3.63) is 35.9 Å². The Morgan fingerprint density at radius 2 is 1.81 bits per heavy atom. The number of benzene rings is 1. The molecular formula is C17H25NO3. The molecule has 0 spiro atoms. The summed E-state index contributed by atoms with van der Waals surface area (Å²) in [5, 5.41) is 0. The SMILES string of the molecule is CCOC(=O)CCN(CCC(C)C)C(=O)c1ccccc1. The second-order valence-electron chi connectivity index (χ2n) is 5.40. The van der Waals surface area contributed by atoms with Crippen molar-refractivity contribution in [1.29, 1.82) is 0 Å². The average molecular weight is 291 g/mol.